The first-order valence-corrected chi connectivity index (χ1v) is 6.81. The summed E-state index contributed by atoms with van der Waals surface area (Å²) in [6.45, 7) is 1.45. The Morgan fingerprint density at radius 3 is 2.36 bits per heavy atom. The van der Waals surface area contributed by atoms with Crippen LogP contribution in [0, 0.1) is 0 Å². The minimum absolute atomic E-state index is 0. The summed E-state index contributed by atoms with van der Waals surface area (Å²) in [5, 5.41) is 5.75. The molecule has 2 amide bonds. The molecule has 1 aromatic rings. The van der Waals surface area contributed by atoms with Gasteiger partial charge >= 0.3 is 0 Å². The molecular weight excluding hydrogens is 306 g/mol. The van der Waals surface area contributed by atoms with Gasteiger partial charge < -0.3 is 20.3 Å². The predicted octanol–water partition coefficient (Wildman–Crippen LogP) is 0.914. The average molecular weight is 330 g/mol. The molecule has 0 aliphatic rings. The van der Waals surface area contributed by atoms with Crippen LogP contribution < -0.4 is 10.6 Å². The Morgan fingerprint density at radius 2 is 1.82 bits per heavy atom. The topological polar surface area (TPSA) is 70.7 Å². The van der Waals surface area contributed by atoms with Gasteiger partial charge in [0.2, 0.25) is 11.8 Å². The van der Waals surface area contributed by atoms with E-state index in [1.54, 1.807) is 38.2 Å². The van der Waals surface area contributed by atoms with Gasteiger partial charge in [0.15, 0.2) is 0 Å². The van der Waals surface area contributed by atoms with Crippen LogP contribution in [0.4, 0.5) is 5.69 Å². The van der Waals surface area contributed by atoms with Gasteiger partial charge in [-0.25, -0.2) is 0 Å². The van der Waals surface area contributed by atoms with E-state index in [0.717, 1.165) is 11.3 Å². The van der Waals surface area contributed by atoms with E-state index in [-0.39, 0.29) is 30.8 Å². The zero-order chi connectivity index (χ0) is 15.7. The lowest BCUT2D eigenvalue weighted by atomic mass is 10.1. The van der Waals surface area contributed by atoms with Crippen molar-refractivity contribution in [1.82, 2.24) is 10.2 Å². The number of likely N-dealkylation sites (N-methyl/N-ethyl adjacent to an activating group) is 1. The van der Waals surface area contributed by atoms with Crippen molar-refractivity contribution in [2.75, 3.05) is 46.2 Å². The van der Waals surface area contributed by atoms with Crippen LogP contribution in [0.15, 0.2) is 24.3 Å². The maximum Gasteiger partial charge on any atom is 0.238 e. The summed E-state index contributed by atoms with van der Waals surface area (Å²) in [6, 6.07) is 7.28. The number of ether oxygens (including phenoxy) is 1. The number of amides is 2. The third-order valence-electron chi connectivity index (χ3n) is 2.86. The smallest absolute Gasteiger partial charge is 0.238 e. The largest absolute Gasteiger partial charge is 0.383 e. The fourth-order valence-electron chi connectivity index (χ4n) is 1.62. The van der Waals surface area contributed by atoms with Crippen LogP contribution >= 0.6 is 12.4 Å². The van der Waals surface area contributed by atoms with Crippen molar-refractivity contribution in [1.29, 1.82) is 0 Å². The van der Waals surface area contributed by atoms with Gasteiger partial charge in [-0.1, -0.05) is 12.1 Å². The Kier molecular flexibility index (Phi) is 10.2. The van der Waals surface area contributed by atoms with Gasteiger partial charge in [0.05, 0.1) is 19.6 Å². The maximum absolute atomic E-state index is 11.7. The molecule has 0 atom stereocenters. The van der Waals surface area contributed by atoms with Crippen LogP contribution in [0.2, 0.25) is 0 Å². The molecular formula is C15H24ClN3O3. The number of rotatable bonds is 8. The van der Waals surface area contributed by atoms with Crippen molar-refractivity contribution in [3.8, 4) is 0 Å². The van der Waals surface area contributed by atoms with Crippen molar-refractivity contribution in [2.45, 2.75) is 6.42 Å². The molecule has 1 rings (SSSR count). The van der Waals surface area contributed by atoms with Crippen molar-refractivity contribution in [3.05, 3.63) is 29.8 Å². The van der Waals surface area contributed by atoms with Gasteiger partial charge in [-0.2, -0.15) is 0 Å². The van der Waals surface area contributed by atoms with Crippen molar-refractivity contribution in [2.24, 2.45) is 0 Å². The van der Waals surface area contributed by atoms with E-state index in [4.69, 9.17) is 4.74 Å². The zero-order valence-corrected chi connectivity index (χ0v) is 14.0. The fourth-order valence-corrected chi connectivity index (χ4v) is 1.62. The number of benzene rings is 1. The Labute approximate surface area is 137 Å². The molecule has 0 unspecified atom stereocenters. The molecule has 2 N–H and O–H groups in total. The SMILES string of the molecule is COCCNCC(=O)Nc1ccc(CC(=O)N(C)C)cc1.Cl. The first kappa shape index (κ1) is 20.4. The standard InChI is InChI=1S/C15H23N3O3.ClH/c1-18(2)15(20)10-12-4-6-13(7-5-12)17-14(19)11-16-8-9-21-3;/h4-7,16H,8-11H2,1-3H3,(H,17,19);1H. The number of halogens is 1. The normalized spacial score (nSPS) is 9.77. The first-order chi connectivity index (χ1) is 10.0. The molecule has 0 aliphatic heterocycles. The zero-order valence-electron chi connectivity index (χ0n) is 13.2. The Morgan fingerprint density at radius 1 is 1.18 bits per heavy atom. The minimum Gasteiger partial charge on any atom is -0.383 e. The molecule has 7 heteroatoms. The van der Waals surface area contributed by atoms with Crippen LogP contribution in [-0.2, 0) is 20.7 Å². The summed E-state index contributed by atoms with van der Waals surface area (Å²) in [5.41, 5.74) is 1.64. The van der Waals surface area contributed by atoms with E-state index in [2.05, 4.69) is 10.6 Å². The van der Waals surface area contributed by atoms with E-state index < -0.39 is 0 Å². The van der Waals surface area contributed by atoms with E-state index in [1.807, 2.05) is 12.1 Å². The number of hydrogen-bond acceptors (Lipinski definition) is 4. The highest BCUT2D eigenvalue weighted by molar-refractivity contribution is 5.92. The summed E-state index contributed by atoms with van der Waals surface area (Å²) in [4.78, 5) is 24.8. The summed E-state index contributed by atoms with van der Waals surface area (Å²) < 4.78 is 4.88. The molecule has 0 bridgehead atoms. The molecule has 22 heavy (non-hydrogen) atoms. The number of nitrogens with one attached hydrogen (secondary N) is 2. The van der Waals surface area contributed by atoms with Gasteiger partial charge in [0.1, 0.15) is 0 Å². The molecule has 0 radical (unpaired) electrons. The third-order valence-corrected chi connectivity index (χ3v) is 2.86. The molecule has 0 saturated heterocycles. The summed E-state index contributed by atoms with van der Waals surface area (Å²) in [7, 11) is 5.07. The molecule has 6 nitrogen and oxygen atoms in total. The predicted molar refractivity (Wildman–Crippen MR) is 89.5 cm³/mol. The first-order valence-electron chi connectivity index (χ1n) is 6.81. The lowest BCUT2D eigenvalue weighted by molar-refractivity contribution is -0.128. The summed E-state index contributed by atoms with van der Waals surface area (Å²) in [6.07, 6.45) is 0.361. The van der Waals surface area contributed by atoms with E-state index in [0.29, 0.717) is 19.6 Å². The molecule has 0 aliphatic carbocycles. The van der Waals surface area contributed by atoms with Gasteiger partial charge in [-0.05, 0) is 17.7 Å². The summed E-state index contributed by atoms with van der Waals surface area (Å²) >= 11 is 0. The summed E-state index contributed by atoms with van der Waals surface area (Å²) in [5.74, 6) is -0.0580. The van der Waals surface area contributed by atoms with E-state index in [1.165, 1.54) is 0 Å². The monoisotopic (exact) mass is 329 g/mol. The Balaban J connectivity index is 0.00000441. The quantitative estimate of drug-likeness (QED) is 0.696. The number of methoxy groups -OCH3 is 1. The molecule has 0 heterocycles. The van der Waals surface area contributed by atoms with Crippen LogP contribution in [-0.4, -0.2) is 57.6 Å². The van der Waals surface area contributed by atoms with Gasteiger partial charge in [-0.15, -0.1) is 12.4 Å². The van der Waals surface area contributed by atoms with Crippen molar-refractivity contribution >= 4 is 29.9 Å². The van der Waals surface area contributed by atoms with Crippen LogP contribution in [0.3, 0.4) is 0 Å². The third kappa shape index (κ3) is 7.97. The second-order valence-corrected chi connectivity index (χ2v) is 4.88. The molecule has 0 fully saturated rings. The number of nitrogens with zero attached hydrogens (tertiary/aromatic N) is 1. The lowest BCUT2D eigenvalue weighted by Gasteiger charge is -2.11. The minimum atomic E-state index is -0.108. The van der Waals surface area contributed by atoms with E-state index in [9.17, 15) is 9.59 Å². The van der Waals surface area contributed by atoms with Gasteiger partial charge in [-0.3, -0.25) is 9.59 Å². The number of carbonyl (C=O) groups excluding carboxylic acids is 2. The molecule has 1 aromatic carbocycles. The van der Waals surface area contributed by atoms with Crippen LogP contribution in [0.1, 0.15) is 5.56 Å². The Hall–Kier alpha value is -1.63. The van der Waals surface area contributed by atoms with Crippen LogP contribution in [0.5, 0.6) is 0 Å². The highest BCUT2D eigenvalue weighted by Gasteiger charge is 2.06. The van der Waals surface area contributed by atoms with Crippen molar-refractivity contribution in [3.63, 3.8) is 0 Å². The van der Waals surface area contributed by atoms with Gasteiger partial charge in [0.25, 0.3) is 0 Å². The highest BCUT2D eigenvalue weighted by Crippen LogP contribution is 2.10. The second kappa shape index (κ2) is 11.0. The Bertz CT molecular complexity index is 464. The van der Waals surface area contributed by atoms with E-state index >= 15 is 0 Å². The number of hydrogen-bond donors (Lipinski definition) is 2. The number of anilines is 1. The fraction of sp³-hybridized carbons (Fsp3) is 0.467. The molecule has 0 aromatic heterocycles. The molecule has 0 saturated carbocycles. The second-order valence-electron chi connectivity index (χ2n) is 4.88. The molecule has 0 spiro atoms. The van der Waals surface area contributed by atoms with Crippen LogP contribution in [0.25, 0.3) is 0 Å². The lowest BCUT2D eigenvalue weighted by Crippen LogP contribution is -2.30. The highest BCUT2D eigenvalue weighted by atomic mass is 35.5. The van der Waals surface area contributed by atoms with Crippen molar-refractivity contribution < 1.29 is 14.3 Å². The van der Waals surface area contributed by atoms with Gasteiger partial charge in [0, 0.05) is 33.4 Å². The average Bonchev–Trinajstić information content (AvgIpc) is 2.45. The maximum atomic E-state index is 11.7. The molecule has 124 valence electrons. The number of carbonyl (C=O) groups is 2.